The minimum absolute atomic E-state index is 0.100. The summed E-state index contributed by atoms with van der Waals surface area (Å²) < 4.78 is -0.657. The van der Waals surface area contributed by atoms with Gasteiger partial charge in [-0.25, -0.2) is 0 Å². The van der Waals surface area contributed by atoms with Gasteiger partial charge in [0.2, 0.25) is 9.70 Å². The van der Waals surface area contributed by atoms with Gasteiger partial charge in [0.15, 0.2) is 0 Å². The van der Waals surface area contributed by atoms with Crippen LogP contribution in [0.5, 0.6) is 0 Å². The smallest absolute Gasteiger partial charge is 0.228 e. The molecule has 0 aliphatic heterocycles. The van der Waals surface area contributed by atoms with Crippen molar-refractivity contribution in [2.45, 2.75) is 100 Å². The number of carbonyl (C=O) groups is 1. The van der Waals surface area contributed by atoms with Gasteiger partial charge in [-0.05, 0) is 41.1 Å². The van der Waals surface area contributed by atoms with Gasteiger partial charge in [-0.3, -0.25) is 4.79 Å². The van der Waals surface area contributed by atoms with Crippen molar-refractivity contribution in [1.82, 2.24) is 5.32 Å². The number of anilines is 1. The van der Waals surface area contributed by atoms with E-state index in [9.17, 15) is 4.79 Å². The Bertz CT molecular complexity index is 596. The van der Waals surface area contributed by atoms with E-state index in [0.717, 1.165) is 22.1 Å². The molecule has 0 heterocycles. The van der Waals surface area contributed by atoms with Gasteiger partial charge in [-0.1, -0.05) is 124 Å². The molecule has 1 aromatic rings. The van der Waals surface area contributed by atoms with E-state index < -0.39 is 9.96 Å². The highest BCUT2D eigenvalue weighted by Crippen LogP contribution is 2.32. The van der Waals surface area contributed by atoms with Gasteiger partial charge in [0.05, 0.1) is 0 Å². The fourth-order valence-corrected chi connectivity index (χ4v) is 4.16. The molecule has 0 radical (unpaired) electrons. The third-order valence-electron chi connectivity index (χ3n) is 5.06. The number of benzene rings is 1. The SMILES string of the molecule is CCCCCCCCCCCCCCC(=O)N[C@@H](Nc1ccccc1I)C(Cl)(Cl)Cl. The molecule has 1 rings (SSSR count). The van der Waals surface area contributed by atoms with Crippen LogP contribution in [-0.4, -0.2) is 15.9 Å². The summed E-state index contributed by atoms with van der Waals surface area (Å²) in [5, 5.41) is 5.95. The minimum atomic E-state index is -1.65. The van der Waals surface area contributed by atoms with Crippen LogP contribution < -0.4 is 10.6 Å². The zero-order chi connectivity index (χ0) is 22.2. The molecule has 1 aromatic carbocycles. The first-order chi connectivity index (χ1) is 14.3. The van der Waals surface area contributed by atoms with E-state index in [1.807, 2.05) is 24.3 Å². The lowest BCUT2D eigenvalue weighted by atomic mass is 10.0. The predicted molar refractivity (Wildman–Crippen MR) is 141 cm³/mol. The quantitative estimate of drug-likeness (QED) is 0.0877. The van der Waals surface area contributed by atoms with Crippen LogP contribution in [0, 0.1) is 3.57 Å². The lowest BCUT2D eigenvalue weighted by Crippen LogP contribution is -2.49. The van der Waals surface area contributed by atoms with Crippen molar-refractivity contribution in [2.75, 3.05) is 5.32 Å². The van der Waals surface area contributed by atoms with Crippen LogP contribution in [0.25, 0.3) is 0 Å². The Morgan fingerprint density at radius 3 is 1.90 bits per heavy atom. The first kappa shape index (κ1) is 28.1. The molecular formula is C23H36Cl3IN2O. The molecular weight excluding hydrogens is 554 g/mol. The molecule has 3 nitrogen and oxygen atoms in total. The van der Waals surface area contributed by atoms with Gasteiger partial charge in [-0.2, -0.15) is 0 Å². The van der Waals surface area contributed by atoms with Crippen molar-refractivity contribution < 1.29 is 4.79 Å². The lowest BCUT2D eigenvalue weighted by molar-refractivity contribution is -0.121. The number of alkyl halides is 3. The predicted octanol–water partition coefficient (Wildman–Crippen LogP) is 8.61. The third-order valence-corrected chi connectivity index (χ3v) is 6.66. The number of nitrogens with one attached hydrogen (secondary N) is 2. The Morgan fingerprint density at radius 1 is 0.900 bits per heavy atom. The number of rotatable bonds is 16. The summed E-state index contributed by atoms with van der Waals surface area (Å²) in [7, 11) is 0. The maximum Gasteiger partial charge on any atom is 0.228 e. The molecule has 0 saturated carbocycles. The van der Waals surface area contributed by atoms with E-state index in [4.69, 9.17) is 34.8 Å². The average molecular weight is 590 g/mol. The summed E-state index contributed by atoms with van der Waals surface area (Å²) in [6.45, 7) is 2.26. The highest BCUT2D eigenvalue weighted by molar-refractivity contribution is 14.1. The first-order valence-electron chi connectivity index (χ1n) is 11.2. The summed E-state index contributed by atoms with van der Waals surface area (Å²) in [6, 6.07) is 7.67. The number of carbonyl (C=O) groups excluding carboxylic acids is 1. The largest absolute Gasteiger partial charge is 0.361 e. The standard InChI is InChI=1S/C23H36Cl3IN2O/c1-2-3-4-5-6-7-8-9-10-11-12-13-18-21(30)29-22(23(24,25)26)28-20-17-15-14-16-19(20)27/h14-17,22,28H,2-13,18H2,1H3,(H,29,30)/t22-/m1/s1. The second-order valence-electron chi connectivity index (χ2n) is 7.81. The van der Waals surface area contributed by atoms with Crippen LogP contribution in [0.1, 0.15) is 90.4 Å². The van der Waals surface area contributed by atoms with Crippen molar-refractivity contribution in [3.63, 3.8) is 0 Å². The van der Waals surface area contributed by atoms with Gasteiger partial charge in [0.25, 0.3) is 0 Å². The molecule has 0 unspecified atom stereocenters. The molecule has 7 heteroatoms. The number of para-hydroxylation sites is 1. The Balaban J connectivity index is 2.17. The van der Waals surface area contributed by atoms with Gasteiger partial charge in [0.1, 0.15) is 6.17 Å². The Kier molecular flexibility index (Phi) is 15.6. The molecule has 0 saturated heterocycles. The highest BCUT2D eigenvalue weighted by Gasteiger charge is 2.34. The molecule has 172 valence electrons. The zero-order valence-corrected chi connectivity index (χ0v) is 22.4. The molecule has 1 amide bonds. The number of hydrogen-bond acceptors (Lipinski definition) is 2. The van der Waals surface area contributed by atoms with Crippen molar-refractivity contribution >= 4 is 69.0 Å². The van der Waals surface area contributed by atoms with E-state index in [1.165, 1.54) is 64.2 Å². The van der Waals surface area contributed by atoms with Gasteiger partial charge >= 0.3 is 0 Å². The van der Waals surface area contributed by atoms with E-state index >= 15 is 0 Å². The number of unbranched alkanes of at least 4 members (excludes halogenated alkanes) is 11. The lowest BCUT2D eigenvalue weighted by Gasteiger charge is -2.28. The fraction of sp³-hybridized carbons (Fsp3) is 0.696. The Morgan fingerprint density at radius 2 is 1.40 bits per heavy atom. The van der Waals surface area contributed by atoms with Crippen molar-refractivity contribution in [2.24, 2.45) is 0 Å². The second kappa shape index (κ2) is 16.7. The molecule has 0 spiro atoms. The Labute approximate surface area is 211 Å². The van der Waals surface area contributed by atoms with Crippen LogP contribution in [0.15, 0.2) is 24.3 Å². The normalized spacial score (nSPS) is 12.6. The van der Waals surface area contributed by atoms with Crippen molar-refractivity contribution in [3.05, 3.63) is 27.8 Å². The molecule has 0 bridgehead atoms. The first-order valence-corrected chi connectivity index (χ1v) is 13.4. The zero-order valence-electron chi connectivity index (χ0n) is 18.0. The van der Waals surface area contributed by atoms with Crippen LogP contribution >= 0.6 is 57.4 Å². The fourth-order valence-electron chi connectivity index (χ4n) is 3.29. The molecule has 0 fully saturated rings. The number of amides is 1. The van der Waals surface area contributed by atoms with Crippen molar-refractivity contribution in [1.29, 1.82) is 0 Å². The van der Waals surface area contributed by atoms with Crippen LogP contribution in [0.4, 0.5) is 5.69 Å². The minimum Gasteiger partial charge on any atom is -0.361 e. The van der Waals surface area contributed by atoms with E-state index in [1.54, 1.807) is 0 Å². The van der Waals surface area contributed by atoms with Crippen LogP contribution in [0.3, 0.4) is 0 Å². The maximum absolute atomic E-state index is 12.3. The number of hydrogen-bond donors (Lipinski definition) is 2. The van der Waals surface area contributed by atoms with Crippen LogP contribution in [0.2, 0.25) is 0 Å². The monoisotopic (exact) mass is 588 g/mol. The van der Waals surface area contributed by atoms with E-state index in [2.05, 4.69) is 40.1 Å². The molecule has 0 aromatic heterocycles. The molecule has 1 atom stereocenters. The Hall–Kier alpha value is 0.0900. The van der Waals surface area contributed by atoms with E-state index in [-0.39, 0.29) is 5.91 Å². The molecule has 2 N–H and O–H groups in total. The molecule has 0 aliphatic carbocycles. The molecule has 0 aliphatic rings. The topological polar surface area (TPSA) is 41.1 Å². The van der Waals surface area contributed by atoms with E-state index in [0.29, 0.717) is 6.42 Å². The highest BCUT2D eigenvalue weighted by atomic mass is 127. The maximum atomic E-state index is 12.3. The van der Waals surface area contributed by atoms with Crippen LogP contribution in [-0.2, 0) is 4.79 Å². The summed E-state index contributed by atoms with van der Waals surface area (Å²) in [6.07, 6.45) is 14.8. The van der Waals surface area contributed by atoms with Gasteiger partial charge < -0.3 is 10.6 Å². The average Bonchev–Trinajstić information content (AvgIpc) is 2.69. The molecule has 30 heavy (non-hydrogen) atoms. The van der Waals surface area contributed by atoms with Crippen molar-refractivity contribution in [3.8, 4) is 0 Å². The van der Waals surface area contributed by atoms with Gasteiger partial charge in [0, 0.05) is 15.7 Å². The summed E-state index contributed by atoms with van der Waals surface area (Å²) in [5.74, 6) is -0.100. The third kappa shape index (κ3) is 13.5. The summed E-state index contributed by atoms with van der Waals surface area (Å²) in [5.41, 5.74) is 0.820. The summed E-state index contributed by atoms with van der Waals surface area (Å²) >= 11 is 20.4. The summed E-state index contributed by atoms with van der Waals surface area (Å²) in [4.78, 5) is 12.3. The number of halogens is 4. The second-order valence-corrected chi connectivity index (χ2v) is 11.3. The van der Waals surface area contributed by atoms with Gasteiger partial charge in [-0.15, -0.1) is 0 Å².